The topological polar surface area (TPSA) is 75.6 Å². The largest absolute Gasteiger partial charge is 0.481 e. The molecular formula is C17H15BrFNO4. The normalized spacial score (nSPS) is 11.6. The maximum absolute atomic E-state index is 14.0. The van der Waals surface area contributed by atoms with E-state index in [0.717, 1.165) is 5.56 Å². The number of hydrogen-bond donors (Lipinski definition) is 2. The van der Waals surface area contributed by atoms with Gasteiger partial charge in [0.25, 0.3) is 0 Å². The third kappa shape index (κ3) is 5.34. The van der Waals surface area contributed by atoms with Crippen molar-refractivity contribution in [2.24, 2.45) is 0 Å². The summed E-state index contributed by atoms with van der Waals surface area (Å²) in [7, 11) is 0. The quantitative estimate of drug-likeness (QED) is 0.773. The molecule has 1 unspecified atom stereocenters. The van der Waals surface area contributed by atoms with Crippen LogP contribution < -0.4 is 5.32 Å². The lowest BCUT2D eigenvalue weighted by molar-refractivity contribution is -0.137. The minimum atomic E-state index is -1.16. The number of benzene rings is 2. The van der Waals surface area contributed by atoms with Crippen molar-refractivity contribution >= 4 is 28.0 Å². The first-order valence-corrected chi connectivity index (χ1v) is 7.89. The highest BCUT2D eigenvalue weighted by Gasteiger charge is 2.22. The molecule has 0 bridgehead atoms. The highest BCUT2D eigenvalue weighted by molar-refractivity contribution is 9.10. The fraction of sp³-hybridized carbons (Fsp3) is 0.176. The van der Waals surface area contributed by atoms with Crippen LogP contribution in [-0.2, 0) is 16.1 Å². The van der Waals surface area contributed by atoms with E-state index >= 15 is 0 Å². The molecule has 0 saturated heterocycles. The number of alkyl carbamates (subject to hydrolysis) is 1. The van der Waals surface area contributed by atoms with Crippen molar-refractivity contribution in [3.8, 4) is 0 Å². The molecule has 0 saturated carbocycles. The van der Waals surface area contributed by atoms with Gasteiger partial charge in [-0.15, -0.1) is 0 Å². The number of rotatable bonds is 6. The van der Waals surface area contributed by atoms with E-state index in [9.17, 15) is 14.0 Å². The molecule has 0 aliphatic carbocycles. The molecule has 0 heterocycles. The molecule has 5 nitrogen and oxygen atoms in total. The molecule has 2 aromatic rings. The van der Waals surface area contributed by atoms with Crippen molar-refractivity contribution in [3.05, 3.63) is 69.9 Å². The summed E-state index contributed by atoms with van der Waals surface area (Å²) >= 11 is 3.13. The third-order valence-corrected chi connectivity index (χ3v) is 3.71. The number of carboxylic acid groups (broad SMARTS) is 1. The number of ether oxygens (including phenoxy) is 1. The predicted molar refractivity (Wildman–Crippen MR) is 88.9 cm³/mol. The van der Waals surface area contributed by atoms with Gasteiger partial charge < -0.3 is 15.2 Å². The summed E-state index contributed by atoms with van der Waals surface area (Å²) in [5.74, 6) is -1.77. The van der Waals surface area contributed by atoms with Crippen molar-refractivity contribution < 1.29 is 23.8 Å². The van der Waals surface area contributed by atoms with Gasteiger partial charge in [0, 0.05) is 10.0 Å². The Morgan fingerprint density at radius 3 is 2.54 bits per heavy atom. The van der Waals surface area contributed by atoms with Gasteiger partial charge in [-0.25, -0.2) is 9.18 Å². The molecule has 0 spiro atoms. The standard InChI is InChI=1S/C17H15BrFNO4/c18-12-6-7-13(14(19)8-12)15(9-16(21)22)20-17(23)24-10-11-4-2-1-3-5-11/h1-8,15H,9-10H2,(H,20,23)(H,21,22). The Bertz CT molecular complexity index is 724. The SMILES string of the molecule is O=C(O)CC(NC(=O)OCc1ccccc1)c1ccc(Br)cc1F. The highest BCUT2D eigenvalue weighted by Crippen LogP contribution is 2.23. The van der Waals surface area contributed by atoms with E-state index in [2.05, 4.69) is 21.2 Å². The van der Waals surface area contributed by atoms with Gasteiger partial charge in [-0.1, -0.05) is 52.3 Å². The van der Waals surface area contributed by atoms with Crippen LogP contribution in [0.2, 0.25) is 0 Å². The highest BCUT2D eigenvalue weighted by atomic mass is 79.9. The van der Waals surface area contributed by atoms with Crippen LogP contribution in [0.5, 0.6) is 0 Å². The number of carbonyl (C=O) groups is 2. The van der Waals surface area contributed by atoms with Crippen LogP contribution in [0.25, 0.3) is 0 Å². The zero-order valence-corrected chi connectivity index (χ0v) is 14.1. The molecular weight excluding hydrogens is 381 g/mol. The molecule has 0 aromatic heterocycles. The fourth-order valence-electron chi connectivity index (χ4n) is 2.10. The summed E-state index contributed by atoms with van der Waals surface area (Å²) in [5.41, 5.74) is 0.870. The molecule has 2 rings (SSSR count). The summed E-state index contributed by atoms with van der Waals surface area (Å²) in [6.07, 6.45) is -1.27. The number of carbonyl (C=O) groups excluding carboxylic acids is 1. The molecule has 0 aliphatic rings. The number of hydrogen-bond acceptors (Lipinski definition) is 3. The van der Waals surface area contributed by atoms with Crippen molar-refractivity contribution in [2.45, 2.75) is 19.1 Å². The second-order valence-electron chi connectivity index (χ2n) is 5.02. The number of aliphatic carboxylic acids is 1. The third-order valence-electron chi connectivity index (χ3n) is 3.22. The average Bonchev–Trinajstić information content (AvgIpc) is 2.53. The van der Waals surface area contributed by atoms with Crippen molar-refractivity contribution in [3.63, 3.8) is 0 Å². The lowest BCUT2D eigenvalue weighted by Crippen LogP contribution is -2.31. The number of halogens is 2. The fourth-order valence-corrected chi connectivity index (χ4v) is 2.44. The van der Waals surface area contributed by atoms with E-state index in [4.69, 9.17) is 9.84 Å². The Morgan fingerprint density at radius 2 is 1.92 bits per heavy atom. The number of amides is 1. The molecule has 2 N–H and O–H groups in total. The van der Waals surface area contributed by atoms with Gasteiger partial charge in [0.15, 0.2) is 0 Å². The Morgan fingerprint density at radius 1 is 1.21 bits per heavy atom. The summed E-state index contributed by atoms with van der Waals surface area (Å²) in [6.45, 7) is 0.0370. The zero-order chi connectivity index (χ0) is 17.5. The van der Waals surface area contributed by atoms with Crippen LogP contribution in [-0.4, -0.2) is 17.2 Å². The van der Waals surface area contributed by atoms with Gasteiger partial charge in [0.05, 0.1) is 12.5 Å². The van der Waals surface area contributed by atoms with E-state index in [0.29, 0.717) is 4.47 Å². The molecule has 2 aromatic carbocycles. The smallest absolute Gasteiger partial charge is 0.407 e. The zero-order valence-electron chi connectivity index (χ0n) is 12.5. The van der Waals surface area contributed by atoms with E-state index in [-0.39, 0.29) is 12.2 Å². The molecule has 0 radical (unpaired) electrons. The molecule has 24 heavy (non-hydrogen) atoms. The molecule has 126 valence electrons. The number of carboxylic acids is 1. The maximum atomic E-state index is 14.0. The molecule has 0 fully saturated rings. The second kappa shape index (κ2) is 8.44. The Balaban J connectivity index is 2.05. The Hall–Kier alpha value is -2.41. The Kier molecular flexibility index (Phi) is 6.31. The molecule has 1 amide bonds. The minimum Gasteiger partial charge on any atom is -0.481 e. The Labute approximate surface area is 146 Å². The first-order chi connectivity index (χ1) is 11.5. The van der Waals surface area contributed by atoms with Crippen LogP contribution in [0.1, 0.15) is 23.6 Å². The monoisotopic (exact) mass is 395 g/mol. The summed E-state index contributed by atoms with van der Waals surface area (Å²) in [6, 6.07) is 12.2. The molecule has 1 atom stereocenters. The van der Waals surface area contributed by atoms with Gasteiger partial charge in [-0.3, -0.25) is 4.79 Å². The van der Waals surface area contributed by atoms with Gasteiger partial charge in [-0.05, 0) is 17.7 Å². The van der Waals surface area contributed by atoms with Gasteiger partial charge in [0.2, 0.25) is 0 Å². The van der Waals surface area contributed by atoms with E-state index in [1.54, 1.807) is 30.3 Å². The summed E-state index contributed by atoms with van der Waals surface area (Å²) < 4.78 is 19.6. The number of nitrogens with one attached hydrogen (secondary N) is 1. The summed E-state index contributed by atoms with van der Waals surface area (Å²) in [4.78, 5) is 22.9. The second-order valence-corrected chi connectivity index (χ2v) is 5.94. The lowest BCUT2D eigenvalue weighted by Gasteiger charge is -2.18. The van der Waals surface area contributed by atoms with Crippen molar-refractivity contribution in [1.82, 2.24) is 5.32 Å². The first-order valence-electron chi connectivity index (χ1n) is 7.09. The van der Waals surface area contributed by atoms with Gasteiger partial charge in [-0.2, -0.15) is 0 Å². The van der Waals surface area contributed by atoms with Crippen LogP contribution in [0, 0.1) is 5.82 Å². The average molecular weight is 396 g/mol. The first kappa shape index (κ1) is 17.9. The van der Waals surface area contributed by atoms with Crippen LogP contribution in [0.3, 0.4) is 0 Å². The minimum absolute atomic E-state index is 0.0370. The molecule has 7 heteroatoms. The summed E-state index contributed by atoms with van der Waals surface area (Å²) in [5, 5.41) is 11.4. The van der Waals surface area contributed by atoms with E-state index < -0.39 is 30.3 Å². The van der Waals surface area contributed by atoms with Gasteiger partial charge >= 0.3 is 12.1 Å². The van der Waals surface area contributed by atoms with Crippen LogP contribution in [0.4, 0.5) is 9.18 Å². The van der Waals surface area contributed by atoms with E-state index in [1.807, 2.05) is 6.07 Å². The maximum Gasteiger partial charge on any atom is 0.407 e. The van der Waals surface area contributed by atoms with Crippen molar-refractivity contribution in [1.29, 1.82) is 0 Å². The van der Waals surface area contributed by atoms with Crippen molar-refractivity contribution in [2.75, 3.05) is 0 Å². The van der Waals surface area contributed by atoms with Gasteiger partial charge in [0.1, 0.15) is 12.4 Å². The van der Waals surface area contributed by atoms with Crippen LogP contribution in [0.15, 0.2) is 53.0 Å². The predicted octanol–water partition coefficient (Wildman–Crippen LogP) is 4.03. The lowest BCUT2D eigenvalue weighted by atomic mass is 10.0. The molecule has 0 aliphatic heterocycles. The van der Waals surface area contributed by atoms with E-state index in [1.165, 1.54) is 12.1 Å². The van der Waals surface area contributed by atoms with Crippen LogP contribution >= 0.6 is 15.9 Å².